The van der Waals surface area contributed by atoms with Crippen molar-refractivity contribution in [2.75, 3.05) is 6.61 Å². The Balaban J connectivity index is 1.92. The third-order valence-corrected chi connectivity index (χ3v) is 10.7. The van der Waals surface area contributed by atoms with Gasteiger partial charge >= 0.3 is 0 Å². The Morgan fingerprint density at radius 3 is 1.75 bits per heavy atom. The summed E-state index contributed by atoms with van der Waals surface area (Å²) in [5, 5.41) is 2.50. The van der Waals surface area contributed by atoms with Crippen LogP contribution < -0.4 is 10.4 Å². The Morgan fingerprint density at radius 2 is 1.28 bits per heavy atom. The smallest absolute Gasteiger partial charge is 0.261 e. The van der Waals surface area contributed by atoms with Crippen LogP contribution in [0, 0.1) is 11.8 Å². The van der Waals surface area contributed by atoms with Crippen LogP contribution in [0.2, 0.25) is 5.04 Å². The van der Waals surface area contributed by atoms with Crippen molar-refractivity contribution in [2.45, 2.75) is 51.9 Å². The molecule has 0 aliphatic rings. The molecule has 0 saturated heterocycles. The predicted octanol–water partition coefficient (Wildman–Crippen LogP) is 5.56. The molecular formula is C29H34O2Si. The molecule has 2 nitrogen and oxygen atoms in total. The van der Waals surface area contributed by atoms with E-state index in [1.54, 1.807) is 0 Å². The molecule has 0 amide bonds. The van der Waals surface area contributed by atoms with E-state index in [1.807, 2.05) is 25.1 Å². The third-order valence-electron chi connectivity index (χ3n) is 5.74. The van der Waals surface area contributed by atoms with Gasteiger partial charge in [0.1, 0.15) is 0 Å². The molecule has 0 heterocycles. The zero-order chi connectivity index (χ0) is 22.9. The highest BCUT2D eigenvalue weighted by Crippen LogP contribution is 2.37. The predicted molar refractivity (Wildman–Crippen MR) is 137 cm³/mol. The van der Waals surface area contributed by atoms with Crippen LogP contribution >= 0.6 is 0 Å². The molecule has 0 radical (unpaired) electrons. The van der Waals surface area contributed by atoms with Gasteiger partial charge in [0, 0.05) is 6.42 Å². The van der Waals surface area contributed by atoms with E-state index in [1.165, 1.54) is 10.4 Å². The lowest BCUT2D eigenvalue weighted by Gasteiger charge is -2.43. The minimum absolute atomic E-state index is 0.0594. The van der Waals surface area contributed by atoms with Crippen LogP contribution in [0.25, 0.3) is 0 Å². The third kappa shape index (κ3) is 5.78. The second-order valence-electron chi connectivity index (χ2n) is 9.02. The fourth-order valence-corrected chi connectivity index (χ4v) is 8.74. The van der Waals surface area contributed by atoms with Gasteiger partial charge in [-0.3, -0.25) is 0 Å². The van der Waals surface area contributed by atoms with E-state index >= 15 is 0 Å². The largest absolute Gasteiger partial charge is 0.405 e. The van der Waals surface area contributed by atoms with E-state index in [2.05, 4.69) is 105 Å². The van der Waals surface area contributed by atoms with Gasteiger partial charge in [0.25, 0.3) is 8.32 Å². The van der Waals surface area contributed by atoms with Gasteiger partial charge in [-0.2, -0.15) is 0 Å². The summed E-state index contributed by atoms with van der Waals surface area (Å²) < 4.78 is 13.4. The molecule has 32 heavy (non-hydrogen) atoms. The van der Waals surface area contributed by atoms with E-state index < -0.39 is 8.32 Å². The van der Waals surface area contributed by atoms with Crippen LogP contribution in [-0.4, -0.2) is 21.0 Å². The number of hydrogen-bond acceptors (Lipinski definition) is 2. The zero-order valence-corrected chi connectivity index (χ0v) is 20.7. The van der Waals surface area contributed by atoms with Gasteiger partial charge in [0.05, 0.1) is 19.3 Å². The normalized spacial score (nSPS) is 12.6. The fraction of sp³-hybridized carbons (Fsp3) is 0.310. The van der Waals surface area contributed by atoms with E-state index in [0.717, 1.165) is 5.56 Å². The first kappa shape index (κ1) is 24.0. The van der Waals surface area contributed by atoms with Crippen LogP contribution in [0.3, 0.4) is 0 Å². The molecule has 3 heteroatoms. The van der Waals surface area contributed by atoms with Crippen LogP contribution in [0.15, 0.2) is 91.0 Å². The highest BCUT2D eigenvalue weighted by atomic mass is 28.4. The van der Waals surface area contributed by atoms with Crippen molar-refractivity contribution in [3.05, 3.63) is 96.6 Å². The van der Waals surface area contributed by atoms with Crippen LogP contribution in [0.5, 0.6) is 0 Å². The Hall–Kier alpha value is -2.64. The van der Waals surface area contributed by atoms with Crippen LogP contribution in [-0.2, 0) is 15.8 Å². The van der Waals surface area contributed by atoms with Crippen LogP contribution in [0.1, 0.15) is 39.7 Å². The van der Waals surface area contributed by atoms with Crippen LogP contribution in [0.4, 0.5) is 0 Å². The van der Waals surface area contributed by atoms with Crippen molar-refractivity contribution in [1.29, 1.82) is 0 Å². The standard InChI is InChI=1S/C29H34O2Si/c1-5-6-18-26(30-23-25-16-10-7-11-17-25)24-31-32(29(2,3)4,27-19-12-8-13-20-27)28-21-14-9-15-22-28/h7-17,19-22,26H,18,23-24H2,1-4H3. The Labute approximate surface area is 194 Å². The molecule has 0 spiro atoms. The van der Waals surface area contributed by atoms with Crippen molar-refractivity contribution >= 4 is 18.7 Å². The first-order valence-electron chi connectivity index (χ1n) is 11.3. The summed E-state index contributed by atoms with van der Waals surface area (Å²) in [4.78, 5) is 0. The van der Waals surface area contributed by atoms with Gasteiger partial charge in [-0.25, -0.2) is 0 Å². The number of rotatable bonds is 9. The summed E-state index contributed by atoms with van der Waals surface area (Å²) >= 11 is 0. The molecular weight excluding hydrogens is 408 g/mol. The highest BCUT2D eigenvalue weighted by molar-refractivity contribution is 6.99. The number of hydrogen-bond donors (Lipinski definition) is 0. The minimum atomic E-state index is -2.59. The second-order valence-corrected chi connectivity index (χ2v) is 13.3. The first-order chi connectivity index (χ1) is 15.5. The summed E-state index contributed by atoms with van der Waals surface area (Å²) in [6, 6.07) is 31.7. The van der Waals surface area contributed by atoms with E-state index in [0.29, 0.717) is 19.6 Å². The van der Waals surface area contributed by atoms with Gasteiger partial charge in [-0.05, 0) is 27.9 Å². The molecule has 0 aliphatic carbocycles. The maximum atomic E-state index is 7.06. The Morgan fingerprint density at radius 1 is 0.781 bits per heavy atom. The van der Waals surface area contributed by atoms with Gasteiger partial charge < -0.3 is 9.16 Å². The Kier molecular flexibility index (Phi) is 8.47. The maximum Gasteiger partial charge on any atom is 0.261 e. The van der Waals surface area contributed by atoms with Crippen molar-refractivity contribution < 1.29 is 9.16 Å². The monoisotopic (exact) mass is 442 g/mol. The first-order valence-corrected chi connectivity index (χ1v) is 13.2. The molecule has 0 fully saturated rings. The molecule has 0 aromatic heterocycles. The summed E-state index contributed by atoms with van der Waals surface area (Å²) in [6.45, 7) is 9.83. The van der Waals surface area contributed by atoms with E-state index in [-0.39, 0.29) is 11.1 Å². The summed E-state index contributed by atoms with van der Waals surface area (Å²) in [5.41, 5.74) is 1.16. The maximum absolute atomic E-state index is 7.06. The van der Waals surface area contributed by atoms with Crippen molar-refractivity contribution in [1.82, 2.24) is 0 Å². The quantitative estimate of drug-likeness (QED) is 0.319. The molecule has 0 bridgehead atoms. The van der Waals surface area contributed by atoms with Crippen molar-refractivity contribution in [2.24, 2.45) is 0 Å². The van der Waals surface area contributed by atoms with Gasteiger partial charge in [-0.15, -0.1) is 11.8 Å². The fourth-order valence-electron chi connectivity index (χ4n) is 4.15. The number of ether oxygens (including phenoxy) is 1. The van der Waals surface area contributed by atoms with Gasteiger partial charge in [0.2, 0.25) is 0 Å². The minimum Gasteiger partial charge on any atom is -0.405 e. The van der Waals surface area contributed by atoms with Crippen molar-refractivity contribution in [3.63, 3.8) is 0 Å². The summed E-state index contributed by atoms with van der Waals surface area (Å²) in [6.07, 6.45) is 0.561. The zero-order valence-electron chi connectivity index (χ0n) is 19.7. The SMILES string of the molecule is CC#CCC(CO[Si](c1ccccc1)(c1ccccc1)C(C)(C)C)OCc1ccccc1. The number of benzene rings is 3. The van der Waals surface area contributed by atoms with Crippen molar-refractivity contribution in [3.8, 4) is 11.8 Å². The average molecular weight is 443 g/mol. The van der Waals surface area contributed by atoms with Gasteiger partial charge in [0.15, 0.2) is 0 Å². The molecule has 1 unspecified atom stereocenters. The lowest BCUT2D eigenvalue weighted by Crippen LogP contribution is -2.67. The summed E-state index contributed by atoms with van der Waals surface area (Å²) in [5.74, 6) is 6.21. The molecule has 3 rings (SSSR count). The van der Waals surface area contributed by atoms with E-state index in [9.17, 15) is 0 Å². The molecule has 1 atom stereocenters. The average Bonchev–Trinajstić information content (AvgIpc) is 2.82. The molecule has 3 aromatic rings. The van der Waals surface area contributed by atoms with E-state index in [4.69, 9.17) is 9.16 Å². The lowest BCUT2D eigenvalue weighted by atomic mass is 10.2. The highest BCUT2D eigenvalue weighted by Gasteiger charge is 2.50. The van der Waals surface area contributed by atoms with Gasteiger partial charge in [-0.1, -0.05) is 112 Å². The Bertz CT molecular complexity index is 960. The topological polar surface area (TPSA) is 18.5 Å². The lowest BCUT2D eigenvalue weighted by molar-refractivity contribution is 0.0103. The summed E-state index contributed by atoms with van der Waals surface area (Å²) in [7, 11) is -2.59. The molecule has 0 saturated carbocycles. The molecule has 166 valence electrons. The second kappa shape index (κ2) is 11.3. The molecule has 0 N–H and O–H groups in total. The molecule has 3 aromatic carbocycles. The molecule has 0 aliphatic heterocycles.